The SMILES string of the molecule is CCCCCCCCCNC(=O)C(O)CCC(=O)O[Cl+3]([O-])([O-])[O-]. The van der Waals surface area contributed by atoms with Crippen LogP contribution >= 0.6 is 0 Å². The van der Waals surface area contributed by atoms with E-state index in [0.717, 1.165) is 19.3 Å². The standard InChI is InChI=1S/C14H26ClNO7/c1-2-3-4-5-6-7-8-11-16-14(19)12(17)9-10-13(18)23-15(20,21)22/h12,17H,2-11H2,1H3,(H,16,19). The summed E-state index contributed by atoms with van der Waals surface area (Å²) in [6.45, 7) is 2.58. The van der Waals surface area contributed by atoms with Crippen LogP contribution in [0.3, 0.4) is 0 Å². The van der Waals surface area contributed by atoms with Gasteiger partial charge in [0.15, 0.2) is 0 Å². The highest BCUT2D eigenvalue weighted by Gasteiger charge is 2.27. The monoisotopic (exact) mass is 355 g/mol. The summed E-state index contributed by atoms with van der Waals surface area (Å²) in [4.78, 5) is 22.5. The van der Waals surface area contributed by atoms with E-state index in [0.29, 0.717) is 6.54 Å². The quantitative estimate of drug-likeness (QED) is 0.380. The van der Waals surface area contributed by atoms with E-state index >= 15 is 0 Å². The average Bonchev–Trinajstić information content (AvgIpc) is 2.45. The molecule has 136 valence electrons. The molecule has 0 rings (SSSR count). The van der Waals surface area contributed by atoms with Crippen molar-refractivity contribution < 1.29 is 43.2 Å². The molecule has 2 N–H and O–H groups in total. The highest BCUT2D eigenvalue weighted by Crippen LogP contribution is 2.06. The van der Waals surface area contributed by atoms with Gasteiger partial charge in [-0.3, -0.25) is 4.79 Å². The predicted molar refractivity (Wildman–Crippen MR) is 72.3 cm³/mol. The van der Waals surface area contributed by atoms with Crippen molar-refractivity contribution in [2.45, 2.75) is 70.8 Å². The fraction of sp³-hybridized carbons (Fsp3) is 0.857. The van der Waals surface area contributed by atoms with E-state index in [1.807, 2.05) is 0 Å². The first-order chi connectivity index (χ1) is 10.8. The van der Waals surface area contributed by atoms with Crippen LogP contribution in [0.5, 0.6) is 0 Å². The van der Waals surface area contributed by atoms with Crippen molar-refractivity contribution in [3.8, 4) is 0 Å². The van der Waals surface area contributed by atoms with Gasteiger partial charge in [0.1, 0.15) is 16.3 Å². The highest BCUT2D eigenvalue weighted by atomic mass is 35.7. The number of aliphatic hydroxyl groups excluding tert-OH is 1. The van der Waals surface area contributed by atoms with E-state index in [1.54, 1.807) is 0 Å². The average molecular weight is 356 g/mol. The number of hydrogen-bond donors (Lipinski definition) is 2. The van der Waals surface area contributed by atoms with Gasteiger partial charge in [-0.05, 0) is 17.1 Å². The lowest BCUT2D eigenvalue weighted by molar-refractivity contribution is -1.92. The smallest absolute Gasteiger partial charge is 0.383 e. The Balaban J connectivity index is 3.64. The molecule has 0 fully saturated rings. The van der Waals surface area contributed by atoms with Crippen LogP contribution in [0.1, 0.15) is 64.7 Å². The van der Waals surface area contributed by atoms with Crippen LogP contribution in [0, 0.1) is 10.2 Å². The molecular weight excluding hydrogens is 330 g/mol. The molecule has 0 aliphatic carbocycles. The van der Waals surface area contributed by atoms with Crippen LogP contribution in [-0.4, -0.2) is 29.6 Å². The van der Waals surface area contributed by atoms with Crippen LogP contribution in [0.4, 0.5) is 0 Å². The predicted octanol–water partition coefficient (Wildman–Crippen LogP) is -1.57. The van der Waals surface area contributed by atoms with Crippen LogP contribution in [0.2, 0.25) is 0 Å². The lowest BCUT2D eigenvalue weighted by atomic mass is 10.1. The van der Waals surface area contributed by atoms with Gasteiger partial charge in [0.25, 0.3) is 0 Å². The topological polar surface area (TPSA) is 145 Å². The van der Waals surface area contributed by atoms with E-state index in [9.17, 15) is 28.7 Å². The Bertz CT molecular complexity index is 347. The third-order valence-electron chi connectivity index (χ3n) is 3.18. The third-order valence-corrected chi connectivity index (χ3v) is 3.55. The van der Waals surface area contributed by atoms with E-state index in [4.69, 9.17) is 0 Å². The molecule has 0 saturated carbocycles. The third kappa shape index (κ3) is 14.4. The number of aliphatic hydroxyl groups is 1. The normalized spacial score (nSPS) is 12.7. The molecule has 0 saturated heterocycles. The summed E-state index contributed by atoms with van der Waals surface area (Å²) in [5.41, 5.74) is 0. The van der Waals surface area contributed by atoms with E-state index in [2.05, 4.69) is 16.5 Å². The molecule has 0 bridgehead atoms. The summed E-state index contributed by atoms with van der Waals surface area (Å²) < 4.78 is 33.9. The maximum Gasteiger partial charge on any atom is 0.463 e. The Morgan fingerprint density at radius 1 is 1.09 bits per heavy atom. The minimum Gasteiger partial charge on any atom is -0.383 e. The van der Waals surface area contributed by atoms with Crippen molar-refractivity contribution in [3.05, 3.63) is 0 Å². The van der Waals surface area contributed by atoms with Crippen molar-refractivity contribution in [1.29, 1.82) is 0 Å². The summed E-state index contributed by atoms with van der Waals surface area (Å²) in [7, 11) is -4.83. The molecular formula is C14H26ClNO7. The van der Waals surface area contributed by atoms with Gasteiger partial charge in [-0.1, -0.05) is 45.4 Å². The number of halogens is 1. The lowest BCUT2D eigenvalue weighted by Gasteiger charge is -2.12. The minimum absolute atomic E-state index is 0.313. The van der Waals surface area contributed by atoms with Gasteiger partial charge in [0.05, 0.1) is 6.42 Å². The van der Waals surface area contributed by atoms with Crippen molar-refractivity contribution in [1.82, 2.24) is 5.32 Å². The van der Waals surface area contributed by atoms with E-state index in [1.165, 1.54) is 25.7 Å². The molecule has 0 heterocycles. The van der Waals surface area contributed by atoms with E-state index < -0.39 is 34.6 Å². The van der Waals surface area contributed by atoms with Crippen LogP contribution in [0.15, 0.2) is 0 Å². The molecule has 1 unspecified atom stereocenters. The molecule has 0 aromatic heterocycles. The Labute approximate surface area is 138 Å². The number of nitrogens with one attached hydrogen (secondary N) is 1. The van der Waals surface area contributed by atoms with Gasteiger partial charge >= 0.3 is 5.97 Å². The first-order valence-corrected chi connectivity index (χ1v) is 9.08. The van der Waals surface area contributed by atoms with Gasteiger partial charge in [-0.25, -0.2) is 4.79 Å². The van der Waals surface area contributed by atoms with Crippen molar-refractivity contribution in [2.24, 2.45) is 0 Å². The molecule has 1 atom stereocenters. The molecule has 0 radical (unpaired) electrons. The van der Waals surface area contributed by atoms with Crippen LogP contribution in [0.25, 0.3) is 0 Å². The number of unbranched alkanes of at least 4 members (excludes halogenated alkanes) is 6. The van der Waals surface area contributed by atoms with Crippen LogP contribution in [-0.2, 0) is 13.9 Å². The molecule has 23 heavy (non-hydrogen) atoms. The summed E-state index contributed by atoms with van der Waals surface area (Å²) in [5.74, 6) is -1.94. The van der Waals surface area contributed by atoms with Crippen molar-refractivity contribution >= 4 is 11.9 Å². The maximum absolute atomic E-state index is 11.5. The molecule has 9 heteroatoms. The number of rotatable bonds is 13. The summed E-state index contributed by atoms with van der Waals surface area (Å²) in [6, 6.07) is 0. The summed E-state index contributed by atoms with van der Waals surface area (Å²) >= 11 is 0. The fourth-order valence-electron chi connectivity index (χ4n) is 1.94. The number of amides is 1. The molecule has 0 aromatic carbocycles. The zero-order valence-electron chi connectivity index (χ0n) is 13.4. The Kier molecular flexibility index (Phi) is 12.0. The van der Waals surface area contributed by atoms with Gasteiger partial charge in [-0.2, -0.15) is 14.0 Å². The first-order valence-electron chi connectivity index (χ1n) is 7.85. The zero-order valence-corrected chi connectivity index (χ0v) is 14.2. The van der Waals surface area contributed by atoms with Gasteiger partial charge in [-0.15, -0.1) is 0 Å². The Morgan fingerprint density at radius 2 is 1.65 bits per heavy atom. The molecule has 0 aromatic rings. The minimum atomic E-state index is -4.83. The molecule has 8 nitrogen and oxygen atoms in total. The highest BCUT2D eigenvalue weighted by molar-refractivity contribution is 5.81. The van der Waals surface area contributed by atoms with Crippen molar-refractivity contribution in [3.63, 3.8) is 0 Å². The zero-order chi connectivity index (χ0) is 17.7. The van der Waals surface area contributed by atoms with Gasteiger partial charge < -0.3 is 10.4 Å². The van der Waals surface area contributed by atoms with E-state index in [-0.39, 0.29) is 6.42 Å². The largest absolute Gasteiger partial charge is 0.463 e. The molecule has 0 aliphatic heterocycles. The van der Waals surface area contributed by atoms with Crippen molar-refractivity contribution in [2.75, 3.05) is 6.54 Å². The second-order valence-electron chi connectivity index (χ2n) is 5.29. The number of hydrogen-bond acceptors (Lipinski definition) is 7. The summed E-state index contributed by atoms with van der Waals surface area (Å²) in [6.07, 6.45) is 5.43. The lowest BCUT2D eigenvalue weighted by Crippen LogP contribution is -2.61. The number of carbonyl (C=O) groups is 2. The Morgan fingerprint density at radius 3 is 2.22 bits per heavy atom. The summed E-state index contributed by atoms with van der Waals surface area (Å²) in [5, 5.41) is 12.0. The molecule has 1 amide bonds. The second-order valence-corrected chi connectivity index (χ2v) is 6.20. The van der Waals surface area contributed by atoms with Crippen LogP contribution < -0.4 is 19.3 Å². The second kappa shape index (κ2) is 12.5. The Hall–Kier alpha value is -0.930. The fourth-order valence-corrected chi connectivity index (χ4v) is 2.23. The molecule has 0 spiro atoms. The van der Waals surface area contributed by atoms with Gasteiger partial charge in [0, 0.05) is 6.54 Å². The maximum atomic E-state index is 11.5. The van der Waals surface area contributed by atoms with Gasteiger partial charge in [0.2, 0.25) is 5.91 Å². The first kappa shape index (κ1) is 22.1. The number of carbonyl (C=O) groups excluding carboxylic acids is 2. The molecule has 0 aliphatic rings.